The summed E-state index contributed by atoms with van der Waals surface area (Å²) >= 11 is 0. The van der Waals surface area contributed by atoms with Gasteiger partial charge in [0.1, 0.15) is 28.6 Å². The fourth-order valence-electron chi connectivity index (χ4n) is 5.85. The zero-order chi connectivity index (χ0) is 33.4. The minimum atomic E-state index is -1.40. The van der Waals surface area contributed by atoms with Crippen LogP contribution in [0.25, 0.3) is 5.57 Å². The van der Waals surface area contributed by atoms with Crippen LogP contribution in [0.5, 0.6) is 23.0 Å². The highest BCUT2D eigenvalue weighted by Gasteiger charge is 2.52. The third kappa shape index (κ3) is 6.72. The predicted octanol–water partition coefficient (Wildman–Crippen LogP) is 7.29. The predicted molar refractivity (Wildman–Crippen MR) is 179 cm³/mol. The molecule has 0 saturated heterocycles. The zero-order valence-electron chi connectivity index (χ0n) is 27.2. The molecule has 47 heavy (non-hydrogen) atoms. The highest BCUT2D eigenvalue weighted by atomic mass is 16.6. The van der Waals surface area contributed by atoms with Crippen LogP contribution < -0.4 is 18.9 Å². The molecule has 0 aliphatic carbocycles. The number of hydrogen-bond acceptors (Lipinski definition) is 8. The maximum Gasteiger partial charge on any atom is 0.347 e. The molecule has 242 valence electrons. The second-order valence-corrected chi connectivity index (χ2v) is 10.7. The van der Waals surface area contributed by atoms with E-state index >= 15 is 0 Å². The Morgan fingerprint density at radius 1 is 0.660 bits per heavy atom. The van der Waals surface area contributed by atoms with Gasteiger partial charge in [-0.3, -0.25) is 0 Å². The standard InChI is InChI=1S/C39H38O8/c1-6-46-37(40)36-35(9-7-8-34(26-10-18-30(42-2)19-11-26)27-12-20-31(43-3)21-13-27)39(47-38(36)41,28-14-22-32(44-4)23-15-28)29-16-24-33(45-5)25-17-29/h8,10-25H,6-7,9H2,1-5H3. The van der Waals surface area contributed by atoms with Gasteiger partial charge in [0.05, 0.1) is 35.0 Å². The lowest BCUT2D eigenvalue weighted by Gasteiger charge is -2.32. The molecular weight excluding hydrogens is 596 g/mol. The van der Waals surface area contributed by atoms with Crippen molar-refractivity contribution in [2.24, 2.45) is 0 Å². The summed E-state index contributed by atoms with van der Waals surface area (Å²) in [6, 6.07) is 30.3. The molecule has 0 unspecified atom stereocenters. The van der Waals surface area contributed by atoms with Gasteiger partial charge in [-0.25, -0.2) is 9.59 Å². The van der Waals surface area contributed by atoms with E-state index in [1.807, 2.05) is 72.8 Å². The number of carbonyl (C=O) groups excluding carboxylic acids is 2. The first-order valence-corrected chi connectivity index (χ1v) is 15.3. The van der Waals surface area contributed by atoms with Crippen molar-refractivity contribution in [2.45, 2.75) is 25.4 Å². The van der Waals surface area contributed by atoms with E-state index in [9.17, 15) is 9.59 Å². The topological polar surface area (TPSA) is 89.5 Å². The third-order valence-electron chi connectivity index (χ3n) is 8.19. The Balaban J connectivity index is 1.65. The smallest absolute Gasteiger partial charge is 0.347 e. The minimum absolute atomic E-state index is 0.0951. The van der Waals surface area contributed by atoms with E-state index in [2.05, 4.69) is 6.08 Å². The van der Waals surface area contributed by atoms with E-state index in [0.717, 1.165) is 28.2 Å². The van der Waals surface area contributed by atoms with Crippen molar-refractivity contribution in [1.82, 2.24) is 0 Å². The van der Waals surface area contributed by atoms with Gasteiger partial charge in [-0.05, 0) is 85.0 Å². The van der Waals surface area contributed by atoms with Crippen molar-refractivity contribution in [2.75, 3.05) is 35.0 Å². The normalized spacial score (nSPS) is 13.4. The quantitative estimate of drug-likeness (QED) is 0.112. The molecule has 1 aliphatic rings. The SMILES string of the molecule is CCOC(=O)C1=C(CCC=C(c2ccc(OC)cc2)c2ccc(OC)cc2)C(c2ccc(OC)cc2)(c2ccc(OC)cc2)OC1=O. The van der Waals surface area contributed by atoms with Crippen molar-refractivity contribution in [1.29, 1.82) is 0 Å². The van der Waals surface area contributed by atoms with Crippen molar-refractivity contribution >= 4 is 17.5 Å². The summed E-state index contributed by atoms with van der Waals surface area (Å²) in [4.78, 5) is 27.1. The molecule has 0 spiro atoms. The number of hydrogen-bond donors (Lipinski definition) is 0. The van der Waals surface area contributed by atoms with Crippen LogP contribution in [0, 0.1) is 0 Å². The molecule has 0 atom stereocenters. The monoisotopic (exact) mass is 634 g/mol. The summed E-state index contributed by atoms with van der Waals surface area (Å²) in [7, 11) is 6.44. The Morgan fingerprint density at radius 2 is 1.06 bits per heavy atom. The molecule has 4 aromatic carbocycles. The van der Waals surface area contributed by atoms with Gasteiger partial charge in [-0.1, -0.05) is 54.6 Å². The first kappa shape index (κ1) is 32.9. The van der Waals surface area contributed by atoms with Crippen molar-refractivity contribution in [3.63, 3.8) is 0 Å². The number of rotatable bonds is 13. The van der Waals surface area contributed by atoms with Gasteiger partial charge >= 0.3 is 11.9 Å². The number of ether oxygens (including phenoxy) is 6. The second kappa shape index (κ2) is 14.7. The average Bonchev–Trinajstić information content (AvgIpc) is 3.42. The van der Waals surface area contributed by atoms with Crippen LogP contribution in [0.15, 0.2) is 114 Å². The molecule has 1 aliphatic heterocycles. The number of benzene rings is 4. The van der Waals surface area contributed by atoms with E-state index in [0.29, 0.717) is 41.0 Å². The molecule has 0 bridgehead atoms. The summed E-state index contributed by atoms with van der Waals surface area (Å²) < 4.78 is 33.3. The number of methoxy groups -OCH3 is 4. The number of esters is 2. The molecule has 0 radical (unpaired) electrons. The van der Waals surface area contributed by atoms with Crippen LogP contribution in [0.3, 0.4) is 0 Å². The average molecular weight is 635 g/mol. The summed E-state index contributed by atoms with van der Waals surface area (Å²) in [5.74, 6) is 1.33. The Kier molecular flexibility index (Phi) is 10.3. The van der Waals surface area contributed by atoms with Gasteiger partial charge in [0, 0.05) is 16.7 Å². The fourth-order valence-corrected chi connectivity index (χ4v) is 5.85. The Bertz CT molecular complexity index is 1650. The lowest BCUT2D eigenvalue weighted by molar-refractivity contribution is -0.149. The van der Waals surface area contributed by atoms with Gasteiger partial charge in [0.2, 0.25) is 0 Å². The van der Waals surface area contributed by atoms with Crippen LogP contribution in [-0.4, -0.2) is 47.0 Å². The van der Waals surface area contributed by atoms with Gasteiger partial charge in [-0.2, -0.15) is 0 Å². The molecule has 0 aromatic heterocycles. The van der Waals surface area contributed by atoms with Crippen LogP contribution >= 0.6 is 0 Å². The minimum Gasteiger partial charge on any atom is -0.497 e. The van der Waals surface area contributed by atoms with E-state index in [-0.39, 0.29) is 12.2 Å². The van der Waals surface area contributed by atoms with E-state index < -0.39 is 17.5 Å². The van der Waals surface area contributed by atoms with Crippen LogP contribution in [0.2, 0.25) is 0 Å². The van der Waals surface area contributed by atoms with Gasteiger partial charge < -0.3 is 28.4 Å². The van der Waals surface area contributed by atoms with Crippen molar-refractivity contribution in [3.05, 3.63) is 137 Å². The lowest BCUT2D eigenvalue weighted by atomic mass is 9.77. The molecule has 0 saturated carbocycles. The lowest BCUT2D eigenvalue weighted by Crippen LogP contribution is -2.31. The van der Waals surface area contributed by atoms with Crippen molar-refractivity contribution in [3.8, 4) is 23.0 Å². The second-order valence-electron chi connectivity index (χ2n) is 10.7. The number of allylic oxidation sites excluding steroid dienone is 1. The van der Waals surface area contributed by atoms with E-state index in [4.69, 9.17) is 28.4 Å². The van der Waals surface area contributed by atoms with E-state index in [1.54, 1.807) is 59.6 Å². The van der Waals surface area contributed by atoms with Crippen LogP contribution in [0.1, 0.15) is 42.0 Å². The fraction of sp³-hybridized carbons (Fsp3) is 0.231. The molecule has 8 nitrogen and oxygen atoms in total. The Hall–Kier alpha value is -5.50. The number of carbonyl (C=O) groups is 2. The van der Waals surface area contributed by atoms with Gasteiger partial charge in [0.25, 0.3) is 0 Å². The maximum atomic E-state index is 13.7. The van der Waals surface area contributed by atoms with E-state index in [1.165, 1.54) is 0 Å². The molecule has 5 rings (SSSR count). The van der Waals surface area contributed by atoms with Crippen LogP contribution in [-0.2, 0) is 24.7 Å². The molecule has 0 amide bonds. The van der Waals surface area contributed by atoms with Gasteiger partial charge in [0.15, 0.2) is 5.60 Å². The first-order valence-electron chi connectivity index (χ1n) is 15.3. The van der Waals surface area contributed by atoms with Gasteiger partial charge in [-0.15, -0.1) is 0 Å². The molecular formula is C39H38O8. The Morgan fingerprint density at radius 3 is 1.45 bits per heavy atom. The molecule has 8 heteroatoms. The molecule has 0 fully saturated rings. The highest BCUT2D eigenvalue weighted by molar-refractivity contribution is 6.17. The largest absolute Gasteiger partial charge is 0.497 e. The molecule has 4 aromatic rings. The maximum absolute atomic E-state index is 13.7. The summed E-state index contributed by atoms with van der Waals surface area (Å²) in [6.45, 7) is 1.82. The summed E-state index contributed by atoms with van der Waals surface area (Å²) in [5.41, 5.74) is 3.28. The first-order chi connectivity index (χ1) is 22.9. The number of cyclic esters (lactones) is 1. The summed E-state index contributed by atoms with van der Waals surface area (Å²) in [6.07, 6.45) is 2.89. The Labute approximate surface area is 275 Å². The highest BCUT2D eigenvalue weighted by Crippen LogP contribution is 2.49. The summed E-state index contributed by atoms with van der Waals surface area (Å²) in [5, 5.41) is 0. The molecule has 1 heterocycles. The van der Waals surface area contributed by atoms with Crippen LogP contribution in [0.4, 0.5) is 0 Å². The van der Waals surface area contributed by atoms with Crippen molar-refractivity contribution < 1.29 is 38.0 Å². The third-order valence-corrected chi connectivity index (χ3v) is 8.19. The molecule has 0 N–H and O–H groups in total. The zero-order valence-corrected chi connectivity index (χ0v) is 27.2.